The molecule has 0 saturated heterocycles. The standard InChI is InChI=1S/C34H36F2/c1-3-5-7-9-11-29-20-24-32(34(36)25-29)22-19-28-15-13-27(14-16-28)17-18-30-21-23-31(33(35)26-30)12-10-8-6-4-2/h13-16,20-21,23-26H,3-12H2,1-2H3. The number of hydrogen-bond donors (Lipinski definition) is 0. The molecule has 186 valence electrons. The maximum atomic E-state index is 14.5. The van der Waals surface area contributed by atoms with E-state index in [2.05, 4.69) is 37.5 Å². The first-order chi connectivity index (χ1) is 17.6. The van der Waals surface area contributed by atoms with Gasteiger partial charge >= 0.3 is 0 Å². The van der Waals surface area contributed by atoms with E-state index in [0.717, 1.165) is 54.4 Å². The van der Waals surface area contributed by atoms with Gasteiger partial charge in [-0.05, 0) is 85.3 Å². The lowest BCUT2D eigenvalue weighted by Crippen LogP contribution is -1.92. The van der Waals surface area contributed by atoms with Crippen molar-refractivity contribution >= 4 is 0 Å². The third-order valence-electron chi connectivity index (χ3n) is 6.28. The van der Waals surface area contributed by atoms with Gasteiger partial charge in [-0.2, -0.15) is 0 Å². The molecule has 0 unspecified atom stereocenters. The average Bonchev–Trinajstić information content (AvgIpc) is 2.89. The van der Waals surface area contributed by atoms with Crippen molar-refractivity contribution in [1.29, 1.82) is 0 Å². The lowest BCUT2D eigenvalue weighted by molar-refractivity contribution is 0.593. The second-order valence-electron chi connectivity index (χ2n) is 9.32. The second-order valence-corrected chi connectivity index (χ2v) is 9.32. The predicted molar refractivity (Wildman–Crippen MR) is 147 cm³/mol. The summed E-state index contributed by atoms with van der Waals surface area (Å²) < 4.78 is 28.8. The fourth-order valence-corrected chi connectivity index (χ4v) is 4.06. The van der Waals surface area contributed by atoms with Gasteiger partial charge in [-0.3, -0.25) is 0 Å². The molecule has 36 heavy (non-hydrogen) atoms. The van der Waals surface area contributed by atoms with Gasteiger partial charge in [0.1, 0.15) is 11.6 Å². The van der Waals surface area contributed by atoms with Gasteiger partial charge < -0.3 is 0 Å². The molecule has 0 bridgehead atoms. The first kappa shape index (κ1) is 27.2. The molecule has 0 aliphatic carbocycles. The molecule has 3 aromatic carbocycles. The van der Waals surface area contributed by atoms with E-state index in [-0.39, 0.29) is 11.6 Å². The highest BCUT2D eigenvalue weighted by Gasteiger charge is 2.03. The third kappa shape index (κ3) is 9.02. The predicted octanol–water partition coefficient (Wildman–Crippen LogP) is 9.01. The first-order valence-corrected chi connectivity index (χ1v) is 13.3. The number of halogens is 2. The van der Waals surface area contributed by atoms with Crippen LogP contribution in [0.5, 0.6) is 0 Å². The highest BCUT2D eigenvalue weighted by Crippen LogP contribution is 2.15. The van der Waals surface area contributed by atoms with Gasteiger partial charge in [-0.1, -0.05) is 88.2 Å². The van der Waals surface area contributed by atoms with Gasteiger partial charge in [0.05, 0.1) is 5.56 Å². The Morgan fingerprint density at radius 3 is 1.72 bits per heavy atom. The highest BCUT2D eigenvalue weighted by molar-refractivity contribution is 5.48. The number of benzene rings is 3. The van der Waals surface area contributed by atoms with E-state index in [4.69, 9.17) is 0 Å². The molecule has 0 fully saturated rings. The number of hydrogen-bond acceptors (Lipinski definition) is 0. The fourth-order valence-electron chi connectivity index (χ4n) is 4.06. The molecule has 0 spiro atoms. The largest absolute Gasteiger partial charge is 0.207 e. The summed E-state index contributed by atoms with van der Waals surface area (Å²) >= 11 is 0. The molecule has 0 saturated carbocycles. The maximum absolute atomic E-state index is 14.5. The van der Waals surface area contributed by atoms with Crippen molar-refractivity contribution in [2.45, 2.75) is 78.1 Å². The number of unbranched alkanes of at least 4 members (excludes halogenated alkanes) is 6. The Hall–Kier alpha value is -3.36. The van der Waals surface area contributed by atoms with E-state index in [1.807, 2.05) is 42.5 Å². The van der Waals surface area contributed by atoms with Crippen LogP contribution in [0.2, 0.25) is 0 Å². The van der Waals surface area contributed by atoms with Crippen LogP contribution >= 0.6 is 0 Å². The van der Waals surface area contributed by atoms with Crippen LogP contribution in [0.1, 0.15) is 98.6 Å². The van der Waals surface area contributed by atoms with Crippen molar-refractivity contribution in [3.63, 3.8) is 0 Å². The van der Waals surface area contributed by atoms with Crippen LogP contribution in [-0.2, 0) is 12.8 Å². The molecule has 0 radical (unpaired) electrons. The summed E-state index contributed by atoms with van der Waals surface area (Å²) in [6.07, 6.45) is 10.9. The lowest BCUT2D eigenvalue weighted by atomic mass is 10.0. The second kappa shape index (κ2) is 14.9. The molecule has 3 rings (SSSR count). The number of rotatable bonds is 10. The maximum Gasteiger partial charge on any atom is 0.139 e. The molecule has 0 aliphatic rings. The summed E-state index contributed by atoms with van der Waals surface area (Å²) in [5, 5.41) is 0. The summed E-state index contributed by atoms with van der Waals surface area (Å²) in [6.45, 7) is 4.36. The van der Waals surface area contributed by atoms with Crippen LogP contribution in [0, 0.1) is 35.3 Å². The van der Waals surface area contributed by atoms with E-state index in [9.17, 15) is 8.78 Å². The minimum Gasteiger partial charge on any atom is -0.207 e. The smallest absolute Gasteiger partial charge is 0.139 e. The Morgan fingerprint density at radius 2 is 1.11 bits per heavy atom. The third-order valence-corrected chi connectivity index (χ3v) is 6.28. The van der Waals surface area contributed by atoms with Gasteiger partial charge in [0.25, 0.3) is 0 Å². The topological polar surface area (TPSA) is 0 Å². The Morgan fingerprint density at radius 1 is 0.528 bits per heavy atom. The normalized spacial score (nSPS) is 10.3. The molecule has 0 N–H and O–H groups in total. The number of aryl methyl sites for hydroxylation is 2. The molecular weight excluding hydrogens is 446 g/mol. The zero-order chi connectivity index (χ0) is 25.6. The minimum atomic E-state index is -0.266. The lowest BCUT2D eigenvalue weighted by Gasteiger charge is -2.03. The highest BCUT2D eigenvalue weighted by atomic mass is 19.1. The molecule has 0 atom stereocenters. The van der Waals surface area contributed by atoms with Crippen molar-refractivity contribution in [2.75, 3.05) is 0 Å². The van der Waals surface area contributed by atoms with Crippen molar-refractivity contribution in [1.82, 2.24) is 0 Å². The monoisotopic (exact) mass is 482 g/mol. The molecule has 0 aliphatic heterocycles. The van der Waals surface area contributed by atoms with E-state index < -0.39 is 0 Å². The molecule has 3 aromatic rings. The van der Waals surface area contributed by atoms with Crippen LogP contribution in [0.15, 0.2) is 60.7 Å². The van der Waals surface area contributed by atoms with Crippen LogP contribution < -0.4 is 0 Å². The summed E-state index contributed by atoms with van der Waals surface area (Å²) in [7, 11) is 0. The quantitative estimate of drug-likeness (QED) is 0.200. The van der Waals surface area contributed by atoms with Gasteiger partial charge in [0.15, 0.2) is 0 Å². The van der Waals surface area contributed by atoms with Crippen LogP contribution in [0.4, 0.5) is 8.78 Å². The molecule has 0 aromatic heterocycles. The first-order valence-electron chi connectivity index (χ1n) is 13.3. The Labute approximate surface area is 216 Å². The van der Waals surface area contributed by atoms with E-state index in [0.29, 0.717) is 11.1 Å². The van der Waals surface area contributed by atoms with Gasteiger partial charge in [0, 0.05) is 16.7 Å². The van der Waals surface area contributed by atoms with E-state index in [1.165, 1.54) is 38.2 Å². The Balaban J connectivity index is 1.58. The van der Waals surface area contributed by atoms with Crippen molar-refractivity contribution in [3.8, 4) is 23.7 Å². The van der Waals surface area contributed by atoms with Crippen LogP contribution in [0.25, 0.3) is 0 Å². The summed E-state index contributed by atoms with van der Waals surface area (Å²) in [6, 6.07) is 18.1. The summed E-state index contributed by atoms with van der Waals surface area (Å²) in [4.78, 5) is 0. The minimum absolute atomic E-state index is 0.180. The SMILES string of the molecule is CCCCCCc1ccc(C#Cc2ccc(C#Cc3ccc(CCCCCC)c(F)c3)cc2)c(F)c1. The molecule has 0 heterocycles. The van der Waals surface area contributed by atoms with Crippen molar-refractivity contribution < 1.29 is 8.78 Å². The van der Waals surface area contributed by atoms with Gasteiger partial charge in [0.2, 0.25) is 0 Å². The zero-order valence-electron chi connectivity index (χ0n) is 21.6. The Bertz CT molecular complexity index is 1230. The van der Waals surface area contributed by atoms with E-state index >= 15 is 0 Å². The van der Waals surface area contributed by atoms with Gasteiger partial charge in [-0.15, -0.1) is 0 Å². The molecular formula is C34H36F2. The van der Waals surface area contributed by atoms with Gasteiger partial charge in [-0.25, -0.2) is 8.78 Å². The van der Waals surface area contributed by atoms with E-state index in [1.54, 1.807) is 12.1 Å². The van der Waals surface area contributed by atoms with Crippen molar-refractivity contribution in [3.05, 3.63) is 106 Å². The average molecular weight is 483 g/mol. The summed E-state index contributed by atoms with van der Waals surface area (Å²) in [5.41, 5.74) is 4.48. The summed E-state index contributed by atoms with van der Waals surface area (Å²) in [5.74, 6) is 11.7. The molecule has 0 nitrogen and oxygen atoms in total. The Kier molecular flexibility index (Phi) is 11.3. The zero-order valence-corrected chi connectivity index (χ0v) is 21.6. The van der Waals surface area contributed by atoms with Crippen LogP contribution in [-0.4, -0.2) is 0 Å². The molecule has 2 heteroatoms. The van der Waals surface area contributed by atoms with Crippen LogP contribution in [0.3, 0.4) is 0 Å². The van der Waals surface area contributed by atoms with Crippen molar-refractivity contribution in [2.24, 2.45) is 0 Å². The fraction of sp³-hybridized carbons (Fsp3) is 0.353. The molecule has 0 amide bonds.